The molecule has 0 unspecified atom stereocenters. The molecule has 7 nitrogen and oxygen atoms in total. The fraction of sp³-hybridized carbons (Fsp3) is 0.0500. The fourth-order valence-electron chi connectivity index (χ4n) is 2.55. The van der Waals surface area contributed by atoms with E-state index in [1.807, 2.05) is 0 Å². The van der Waals surface area contributed by atoms with Crippen LogP contribution in [-0.4, -0.2) is 19.3 Å². The molecule has 0 aliphatic rings. The molecule has 0 saturated heterocycles. The number of rotatable bonds is 6. The largest absolute Gasteiger partial charge is 0.457 e. The van der Waals surface area contributed by atoms with Gasteiger partial charge in [-0.2, -0.15) is 0 Å². The molecule has 0 atom stereocenters. The van der Waals surface area contributed by atoms with Gasteiger partial charge in [0.25, 0.3) is 5.69 Å². The first-order valence-corrected chi connectivity index (χ1v) is 9.77. The number of benzene rings is 3. The van der Waals surface area contributed by atoms with Crippen molar-refractivity contribution in [2.45, 2.75) is 16.4 Å². The van der Waals surface area contributed by atoms with Gasteiger partial charge in [0.05, 0.1) is 20.3 Å². The number of non-ortho nitro benzene ring substituents is 1. The van der Waals surface area contributed by atoms with Gasteiger partial charge < -0.3 is 4.74 Å². The van der Waals surface area contributed by atoms with E-state index in [0.717, 1.165) is 24.3 Å². The number of nitrogens with zero attached hydrogens (tertiary/aromatic N) is 1. The van der Waals surface area contributed by atoms with Gasteiger partial charge in [0, 0.05) is 12.1 Å². The lowest BCUT2D eigenvalue weighted by atomic mass is 10.2. The Morgan fingerprint density at radius 1 is 0.966 bits per heavy atom. The Hall–Kier alpha value is -3.59. The first-order valence-electron chi connectivity index (χ1n) is 8.29. The van der Waals surface area contributed by atoms with Crippen LogP contribution in [0.3, 0.4) is 0 Å². The van der Waals surface area contributed by atoms with Crippen LogP contribution >= 0.6 is 0 Å². The van der Waals surface area contributed by atoms with Crippen LogP contribution in [0.4, 0.5) is 10.1 Å². The van der Waals surface area contributed by atoms with Crippen LogP contribution in [0, 0.1) is 15.9 Å². The molecule has 0 spiro atoms. The predicted molar refractivity (Wildman–Crippen MR) is 101 cm³/mol. The maximum atomic E-state index is 13.0. The van der Waals surface area contributed by atoms with Crippen molar-refractivity contribution in [1.82, 2.24) is 0 Å². The summed E-state index contributed by atoms with van der Waals surface area (Å²) in [5.74, 6) is -1.30. The van der Waals surface area contributed by atoms with Crippen molar-refractivity contribution in [1.29, 1.82) is 0 Å². The summed E-state index contributed by atoms with van der Waals surface area (Å²) in [6.45, 7) is -0.162. The van der Waals surface area contributed by atoms with E-state index in [1.165, 1.54) is 48.5 Å². The zero-order chi connectivity index (χ0) is 21.0. The van der Waals surface area contributed by atoms with E-state index in [2.05, 4.69) is 0 Å². The van der Waals surface area contributed by atoms with Crippen molar-refractivity contribution in [3.8, 4) is 0 Å². The van der Waals surface area contributed by atoms with Crippen molar-refractivity contribution >= 4 is 21.5 Å². The molecule has 0 amide bonds. The number of ether oxygens (including phenoxy) is 1. The number of carbonyl (C=O) groups is 1. The Bertz CT molecular complexity index is 1160. The second-order valence-electron chi connectivity index (χ2n) is 5.95. The Morgan fingerprint density at radius 3 is 2.21 bits per heavy atom. The quantitative estimate of drug-likeness (QED) is 0.343. The molecule has 0 saturated carbocycles. The molecule has 0 bridgehead atoms. The second-order valence-corrected chi connectivity index (χ2v) is 7.87. The van der Waals surface area contributed by atoms with Crippen LogP contribution in [0.5, 0.6) is 0 Å². The first-order chi connectivity index (χ1) is 13.8. The molecule has 3 rings (SSSR count). The van der Waals surface area contributed by atoms with Crippen LogP contribution in [0.2, 0.25) is 0 Å². The lowest BCUT2D eigenvalue weighted by Gasteiger charge is -2.11. The van der Waals surface area contributed by atoms with Crippen LogP contribution in [0.15, 0.2) is 82.6 Å². The number of sulfone groups is 1. The number of esters is 1. The van der Waals surface area contributed by atoms with Gasteiger partial charge in [-0.05, 0) is 42.0 Å². The smallest absolute Gasteiger partial charge is 0.339 e. The van der Waals surface area contributed by atoms with Crippen molar-refractivity contribution in [2.75, 3.05) is 0 Å². The summed E-state index contributed by atoms with van der Waals surface area (Å²) < 4.78 is 44.0. The molecule has 0 N–H and O–H groups in total. The Balaban J connectivity index is 1.88. The minimum Gasteiger partial charge on any atom is -0.457 e. The van der Waals surface area contributed by atoms with E-state index >= 15 is 0 Å². The number of nitro benzene ring substituents is 1. The van der Waals surface area contributed by atoms with E-state index in [1.54, 1.807) is 0 Å². The molecule has 0 radical (unpaired) electrons. The van der Waals surface area contributed by atoms with E-state index < -0.39 is 26.5 Å². The average Bonchev–Trinajstić information content (AvgIpc) is 2.73. The third-order valence-corrected chi connectivity index (χ3v) is 5.87. The maximum absolute atomic E-state index is 13.0. The zero-order valence-corrected chi connectivity index (χ0v) is 15.6. The van der Waals surface area contributed by atoms with E-state index in [0.29, 0.717) is 5.56 Å². The van der Waals surface area contributed by atoms with Gasteiger partial charge in [0.2, 0.25) is 9.84 Å². The molecular weight excluding hydrogens is 401 g/mol. The first kappa shape index (κ1) is 20.2. The van der Waals surface area contributed by atoms with Gasteiger partial charge in [-0.15, -0.1) is 0 Å². The highest BCUT2D eigenvalue weighted by Crippen LogP contribution is 2.26. The second kappa shape index (κ2) is 8.19. The summed E-state index contributed by atoms with van der Waals surface area (Å²) in [4.78, 5) is 22.1. The third kappa shape index (κ3) is 4.46. The lowest BCUT2D eigenvalue weighted by molar-refractivity contribution is -0.384. The zero-order valence-electron chi connectivity index (χ0n) is 14.8. The summed E-state index contributed by atoms with van der Waals surface area (Å²) >= 11 is 0. The summed E-state index contributed by atoms with van der Waals surface area (Å²) in [6.07, 6.45) is 0. The van der Waals surface area contributed by atoms with Crippen LogP contribution in [0.1, 0.15) is 15.9 Å². The molecule has 148 valence electrons. The van der Waals surface area contributed by atoms with Gasteiger partial charge in [-0.25, -0.2) is 17.6 Å². The normalized spacial score (nSPS) is 11.1. The highest BCUT2D eigenvalue weighted by atomic mass is 32.2. The summed E-state index contributed by atoms with van der Waals surface area (Å²) in [5, 5.41) is 10.8. The number of halogens is 1. The third-order valence-electron chi connectivity index (χ3n) is 4.04. The summed E-state index contributed by atoms with van der Waals surface area (Å²) in [6, 6.07) is 15.2. The Morgan fingerprint density at radius 2 is 1.59 bits per heavy atom. The fourth-order valence-corrected chi connectivity index (χ4v) is 4.00. The molecule has 0 aliphatic heterocycles. The Labute approximate surface area is 165 Å². The van der Waals surface area contributed by atoms with Gasteiger partial charge in [0.1, 0.15) is 12.4 Å². The standard InChI is InChI=1S/C20H14FNO6S/c21-15-7-5-14(6-8-15)13-28-20(23)18-3-1-2-4-19(18)29(26,27)17-11-9-16(10-12-17)22(24)25/h1-12H,13H2. The van der Waals surface area contributed by atoms with Gasteiger partial charge >= 0.3 is 5.97 Å². The van der Waals surface area contributed by atoms with Gasteiger partial charge in [-0.1, -0.05) is 24.3 Å². The monoisotopic (exact) mass is 415 g/mol. The Kier molecular flexibility index (Phi) is 5.69. The number of hydrogen-bond donors (Lipinski definition) is 0. The van der Waals surface area contributed by atoms with Crippen molar-refractivity contribution in [3.05, 3.63) is 99.9 Å². The molecule has 0 aliphatic carbocycles. The minimum atomic E-state index is -4.12. The number of nitro groups is 1. The van der Waals surface area contributed by atoms with E-state index in [9.17, 15) is 27.7 Å². The van der Waals surface area contributed by atoms with E-state index in [-0.39, 0.29) is 27.6 Å². The minimum absolute atomic E-state index is 0.162. The summed E-state index contributed by atoms with van der Waals surface area (Å²) in [7, 11) is -4.12. The highest BCUT2D eigenvalue weighted by molar-refractivity contribution is 7.91. The number of carbonyl (C=O) groups excluding carboxylic acids is 1. The SMILES string of the molecule is O=C(OCc1ccc(F)cc1)c1ccccc1S(=O)(=O)c1ccc([N+](=O)[O-])cc1. The lowest BCUT2D eigenvalue weighted by Crippen LogP contribution is -2.12. The van der Waals surface area contributed by atoms with Crippen molar-refractivity contribution < 1.29 is 27.3 Å². The summed E-state index contributed by atoms with van der Waals surface area (Å²) in [5.41, 5.74) is 0.111. The predicted octanol–water partition coefficient (Wildman–Crippen LogP) is 3.92. The topological polar surface area (TPSA) is 104 Å². The molecule has 29 heavy (non-hydrogen) atoms. The molecule has 0 heterocycles. The molecular formula is C20H14FNO6S. The molecule has 9 heteroatoms. The van der Waals surface area contributed by atoms with Crippen LogP contribution in [-0.2, 0) is 21.2 Å². The molecule has 0 fully saturated rings. The van der Waals surface area contributed by atoms with Gasteiger partial charge in [0.15, 0.2) is 0 Å². The highest BCUT2D eigenvalue weighted by Gasteiger charge is 2.25. The van der Waals surface area contributed by atoms with E-state index in [4.69, 9.17) is 4.74 Å². The number of hydrogen-bond acceptors (Lipinski definition) is 6. The maximum Gasteiger partial charge on any atom is 0.339 e. The van der Waals surface area contributed by atoms with Gasteiger partial charge in [-0.3, -0.25) is 10.1 Å². The van der Waals surface area contributed by atoms with Crippen molar-refractivity contribution in [3.63, 3.8) is 0 Å². The molecule has 0 aromatic heterocycles. The molecule has 3 aromatic rings. The average molecular weight is 415 g/mol. The van der Waals surface area contributed by atoms with Crippen LogP contribution < -0.4 is 0 Å². The van der Waals surface area contributed by atoms with Crippen molar-refractivity contribution in [2.24, 2.45) is 0 Å². The molecule has 3 aromatic carbocycles. The van der Waals surface area contributed by atoms with Crippen LogP contribution in [0.25, 0.3) is 0 Å².